The lowest BCUT2D eigenvalue weighted by Crippen LogP contribution is -2.14. The molecule has 20 heavy (non-hydrogen) atoms. The zero-order valence-electron chi connectivity index (χ0n) is 11.5. The van der Waals surface area contributed by atoms with Gasteiger partial charge in [0, 0.05) is 35.5 Å². The molecule has 1 N–H and O–H groups in total. The fourth-order valence-electron chi connectivity index (χ4n) is 1.96. The van der Waals surface area contributed by atoms with Gasteiger partial charge < -0.3 is 14.8 Å². The molecule has 2 rings (SSSR count). The molecule has 1 heterocycles. The second kappa shape index (κ2) is 7.26. The number of halogens is 1. The third kappa shape index (κ3) is 3.49. The first kappa shape index (κ1) is 14.8. The highest BCUT2D eigenvalue weighted by Crippen LogP contribution is 2.35. The van der Waals surface area contributed by atoms with Crippen LogP contribution in [-0.4, -0.2) is 19.2 Å². The quantitative estimate of drug-likeness (QED) is 0.879. The SMILES string of the molecule is COc1ccc(Br)c(CNCc2ccncc2)c1OC. The summed E-state index contributed by atoms with van der Waals surface area (Å²) < 4.78 is 11.8. The van der Waals surface area contributed by atoms with Gasteiger partial charge in [-0.05, 0) is 29.8 Å². The third-order valence-electron chi connectivity index (χ3n) is 2.97. The van der Waals surface area contributed by atoms with E-state index >= 15 is 0 Å². The van der Waals surface area contributed by atoms with E-state index in [4.69, 9.17) is 9.47 Å². The van der Waals surface area contributed by atoms with E-state index in [2.05, 4.69) is 26.2 Å². The van der Waals surface area contributed by atoms with E-state index in [1.807, 2.05) is 24.3 Å². The number of hydrogen-bond acceptors (Lipinski definition) is 4. The molecule has 106 valence electrons. The van der Waals surface area contributed by atoms with E-state index in [0.29, 0.717) is 6.54 Å². The van der Waals surface area contributed by atoms with Crippen molar-refractivity contribution in [2.24, 2.45) is 0 Å². The van der Waals surface area contributed by atoms with Gasteiger partial charge in [0.15, 0.2) is 11.5 Å². The molecule has 2 aromatic rings. The summed E-state index contributed by atoms with van der Waals surface area (Å²) in [5, 5.41) is 3.39. The van der Waals surface area contributed by atoms with Crippen LogP contribution in [0.5, 0.6) is 11.5 Å². The molecule has 0 bridgehead atoms. The van der Waals surface area contributed by atoms with Crippen molar-refractivity contribution < 1.29 is 9.47 Å². The fourth-order valence-corrected chi connectivity index (χ4v) is 2.42. The van der Waals surface area contributed by atoms with E-state index in [1.165, 1.54) is 5.56 Å². The Morgan fingerprint density at radius 2 is 1.80 bits per heavy atom. The maximum absolute atomic E-state index is 5.45. The highest BCUT2D eigenvalue weighted by Gasteiger charge is 2.13. The summed E-state index contributed by atoms with van der Waals surface area (Å²) >= 11 is 3.55. The van der Waals surface area contributed by atoms with Crippen LogP contribution in [0.1, 0.15) is 11.1 Å². The van der Waals surface area contributed by atoms with Gasteiger partial charge in [-0.1, -0.05) is 15.9 Å². The Morgan fingerprint density at radius 3 is 2.45 bits per heavy atom. The Labute approximate surface area is 127 Å². The van der Waals surface area contributed by atoms with Crippen molar-refractivity contribution in [1.82, 2.24) is 10.3 Å². The molecule has 0 spiro atoms. The number of methoxy groups -OCH3 is 2. The number of nitrogens with zero attached hydrogens (tertiary/aromatic N) is 1. The van der Waals surface area contributed by atoms with Crippen molar-refractivity contribution in [2.75, 3.05) is 14.2 Å². The molecule has 4 nitrogen and oxygen atoms in total. The van der Waals surface area contributed by atoms with Crippen LogP contribution in [0.25, 0.3) is 0 Å². The smallest absolute Gasteiger partial charge is 0.166 e. The Kier molecular flexibility index (Phi) is 5.38. The second-order valence-corrected chi connectivity index (χ2v) is 5.07. The topological polar surface area (TPSA) is 43.4 Å². The first-order valence-electron chi connectivity index (χ1n) is 6.25. The zero-order chi connectivity index (χ0) is 14.4. The summed E-state index contributed by atoms with van der Waals surface area (Å²) in [4.78, 5) is 4.00. The second-order valence-electron chi connectivity index (χ2n) is 4.22. The van der Waals surface area contributed by atoms with Gasteiger partial charge >= 0.3 is 0 Å². The monoisotopic (exact) mass is 336 g/mol. The van der Waals surface area contributed by atoms with Crippen molar-refractivity contribution in [3.8, 4) is 11.5 Å². The van der Waals surface area contributed by atoms with Gasteiger partial charge in [0.05, 0.1) is 14.2 Å². The summed E-state index contributed by atoms with van der Waals surface area (Å²) in [5.74, 6) is 1.49. The van der Waals surface area contributed by atoms with Crippen LogP contribution < -0.4 is 14.8 Å². The van der Waals surface area contributed by atoms with Crippen molar-refractivity contribution in [2.45, 2.75) is 13.1 Å². The number of benzene rings is 1. The van der Waals surface area contributed by atoms with Crippen LogP contribution in [0.15, 0.2) is 41.1 Å². The van der Waals surface area contributed by atoms with Gasteiger partial charge in [-0.25, -0.2) is 0 Å². The van der Waals surface area contributed by atoms with Crippen LogP contribution >= 0.6 is 15.9 Å². The van der Waals surface area contributed by atoms with Crippen molar-refractivity contribution >= 4 is 15.9 Å². The molecule has 0 fully saturated rings. The van der Waals surface area contributed by atoms with Gasteiger partial charge in [-0.2, -0.15) is 0 Å². The Bertz CT molecular complexity index is 561. The first-order valence-corrected chi connectivity index (χ1v) is 7.04. The molecule has 0 saturated heterocycles. The number of nitrogens with one attached hydrogen (secondary N) is 1. The lowest BCUT2D eigenvalue weighted by atomic mass is 10.1. The Morgan fingerprint density at radius 1 is 1.05 bits per heavy atom. The minimum absolute atomic E-state index is 0.684. The van der Waals surface area contributed by atoms with Gasteiger partial charge in [0.25, 0.3) is 0 Å². The summed E-state index contributed by atoms with van der Waals surface area (Å²) in [7, 11) is 3.29. The van der Waals surface area contributed by atoms with E-state index in [9.17, 15) is 0 Å². The molecule has 5 heteroatoms. The lowest BCUT2D eigenvalue weighted by molar-refractivity contribution is 0.350. The number of pyridine rings is 1. The predicted octanol–water partition coefficient (Wildman–Crippen LogP) is 3.15. The Hall–Kier alpha value is -1.59. The van der Waals surface area contributed by atoms with Crippen LogP contribution in [0, 0.1) is 0 Å². The van der Waals surface area contributed by atoms with Gasteiger partial charge in [-0.15, -0.1) is 0 Å². The van der Waals surface area contributed by atoms with Crippen molar-refractivity contribution in [1.29, 1.82) is 0 Å². The molecule has 0 aliphatic rings. The molecular weight excluding hydrogens is 320 g/mol. The molecule has 1 aromatic heterocycles. The van der Waals surface area contributed by atoms with E-state index in [-0.39, 0.29) is 0 Å². The average molecular weight is 337 g/mol. The minimum Gasteiger partial charge on any atom is -0.493 e. The maximum atomic E-state index is 5.45. The third-order valence-corrected chi connectivity index (χ3v) is 3.71. The van der Waals surface area contributed by atoms with Gasteiger partial charge in [-0.3, -0.25) is 4.98 Å². The number of hydrogen-bond donors (Lipinski definition) is 1. The molecule has 0 saturated carbocycles. The predicted molar refractivity (Wildman–Crippen MR) is 82.0 cm³/mol. The number of rotatable bonds is 6. The Balaban J connectivity index is 2.09. The molecule has 0 aliphatic heterocycles. The fraction of sp³-hybridized carbons (Fsp3) is 0.267. The van der Waals surface area contributed by atoms with Crippen LogP contribution in [0.3, 0.4) is 0 Å². The van der Waals surface area contributed by atoms with Crippen molar-refractivity contribution in [3.05, 3.63) is 52.3 Å². The first-order chi connectivity index (χ1) is 9.76. The van der Waals surface area contributed by atoms with E-state index in [1.54, 1.807) is 26.6 Å². The number of aromatic nitrogens is 1. The summed E-state index contributed by atoms with van der Waals surface area (Å²) in [6.07, 6.45) is 3.58. The van der Waals surface area contributed by atoms with Crippen LogP contribution in [-0.2, 0) is 13.1 Å². The lowest BCUT2D eigenvalue weighted by Gasteiger charge is -2.15. The van der Waals surface area contributed by atoms with Crippen LogP contribution in [0.4, 0.5) is 0 Å². The highest BCUT2D eigenvalue weighted by molar-refractivity contribution is 9.10. The normalized spacial score (nSPS) is 10.3. The molecule has 0 unspecified atom stereocenters. The number of ether oxygens (including phenoxy) is 2. The summed E-state index contributed by atoms with van der Waals surface area (Å²) in [6.45, 7) is 1.46. The standard InChI is InChI=1S/C15H17BrN2O2/c1-19-14-4-3-13(16)12(15(14)20-2)10-18-9-11-5-7-17-8-6-11/h3-8,18H,9-10H2,1-2H3. The minimum atomic E-state index is 0.684. The largest absolute Gasteiger partial charge is 0.493 e. The van der Waals surface area contributed by atoms with Crippen molar-refractivity contribution in [3.63, 3.8) is 0 Å². The van der Waals surface area contributed by atoms with Crippen LogP contribution in [0.2, 0.25) is 0 Å². The molecule has 0 radical (unpaired) electrons. The maximum Gasteiger partial charge on any atom is 0.166 e. The summed E-state index contributed by atoms with van der Waals surface area (Å²) in [6, 6.07) is 7.83. The van der Waals surface area contributed by atoms with Gasteiger partial charge in [0.1, 0.15) is 0 Å². The van der Waals surface area contributed by atoms with E-state index in [0.717, 1.165) is 28.1 Å². The molecule has 0 amide bonds. The summed E-state index contributed by atoms with van der Waals surface area (Å²) in [5.41, 5.74) is 2.24. The zero-order valence-corrected chi connectivity index (χ0v) is 13.1. The average Bonchev–Trinajstić information content (AvgIpc) is 2.49. The van der Waals surface area contributed by atoms with E-state index < -0.39 is 0 Å². The molecule has 0 aliphatic carbocycles. The molecule has 1 aromatic carbocycles. The molecular formula is C15H17BrN2O2. The van der Waals surface area contributed by atoms with Gasteiger partial charge in [0.2, 0.25) is 0 Å². The molecule has 0 atom stereocenters. The highest BCUT2D eigenvalue weighted by atomic mass is 79.9.